The Bertz CT molecular complexity index is 351. The molecule has 4 heteroatoms. The average Bonchev–Trinajstić information content (AvgIpc) is 2.39. The minimum atomic E-state index is -1.59. The first-order valence-corrected chi connectivity index (χ1v) is 11.0. The molecule has 0 aromatic rings. The number of rotatable bonds is 6. The molecule has 0 saturated carbocycles. The molecular formula is C15H27IO2Si. The van der Waals surface area contributed by atoms with Crippen molar-refractivity contribution in [3.63, 3.8) is 0 Å². The van der Waals surface area contributed by atoms with Gasteiger partial charge in [-0.1, -0.05) is 26.8 Å². The molecule has 0 heterocycles. The summed E-state index contributed by atoms with van der Waals surface area (Å²) in [6.07, 6.45) is 3.73. The zero-order chi connectivity index (χ0) is 14.7. The molecule has 0 spiro atoms. The Hall–Kier alpha value is 0.317. The van der Waals surface area contributed by atoms with Crippen LogP contribution >= 0.6 is 22.6 Å². The zero-order valence-corrected chi connectivity index (χ0v) is 16.0. The maximum absolute atomic E-state index is 11.6. The summed E-state index contributed by atoms with van der Waals surface area (Å²) in [6, 6.07) is 3.53. The van der Waals surface area contributed by atoms with Gasteiger partial charge in [0.15, 0.2) is 14.1 Å². The van der Waals surface area contributed by atoms with E-state index in [-0.39, 0.29) is 11.4 Å². The lowest BCUT2D eigenvalue weighted by Crippen LogP contribution is -2.48. The van der Waals surface area contributed by atoms with Gasteiger partial charge in [0.05, 0.1) is 9.18 Å². The quantitative estimate of drug-likeness (QED) is 0.464. The lowest BCUT2D eigenvalue weighted by molar-refractivity contribution is -0.115. The van der Waals surface area contributed by atoms with Gasteiger partial charge < -0.3 is 4.43 Å². The molecule has 0 aromatic heterocycles. The number of hydrogen-bond acceptors (Lipinski definition) is 2. The van der Waals surface area contributed by atoms with Gasteiger partial charge in [0.25, 0.3) is 0 Å². The fraction of sp³-hybridized carbons (Fsp3) is 0.800. The standard InChI is InChI=1S/C15H27IO2Si/c1-6-19(7-2,8-3)18-15(4,5)12-9-10-14(17)13(16)11-12/h11-12H,6-10H2,1-5H3. The number of carbonyl (C=O) groups is 1. The van der Waals surface area contributed by atoms with E-state index in [1.165, 1.54) is 18.1 Å². The minimum absolute atomic E-state index is 0.147. The van der Waals surface area contributed by atoms with Gasteiger partial charge in [0, 0.05) is 12.3 Å². The Kier molecular flexibility index (Phi) is 6.26. The van der Waals surface area contributed by atoms with E-state index in [1.807, 2.05) is 0 Å². The van der Waals surface area contributed by atoms with Crippen molar-refractivity contribution < 1.29 is 9.22 Å². The molecule has 0 radical (unpaired) electrons. The van der Waals surface area contributed by atoms with E-state index in [0.717, 1.165) is 10.0 Å². The lowest BCUT2D eigenvalue weighted by Gasteiger charge is -2.43. The molecule has 1 unspecified atom stereocenters. The minimum Gasteiger partial charge on any atom is -0.411 e. The van der Waals surface area contributed by atoms with E-state index in [1.54, 1.807) is 0 Å². The highest BCUT2D eigenvalue weighted by molar-refractivity contribution is 14.1. The van der Waals surface area contributed by atoms with Gasteiger partial charge >= 0.3 is 0 Å². The monoisotopic (exact) mass is 394 g/mol. The fourth-order valence-corrected chi connectivity index (χ4v) is 6.81. The first-order valence-electron chi connectivity index (χ1n) is 7.41. The molecule has 1 rings (SSSR count). The molecule has 0 bridgehead atoms. The van der Waals surface area contributed by atoms with Crippen LogP contribution in [0.25, 0.3) is 0 Å². The Morgan fingerprint density at radius 3 is 2.26 bits per heavy atom. The normalized spacial score (nSPS) is 21.5. The summed E-state index contributed by atoms with van der Waals surface area (Å²) in [5, 5.41) is 0. The summed E-state index contributed by atoms with van der Waals surface area (Å²) in [6.45, 7) is 11.2. The molecule has 0 aliphatic heterocycles. The summed E-state index contributed by atoms with van der Waals surface area (Å²) >= 11 is 2.17. The van der Waals surface area contributed by atoms with Gasteiger partial charge in [-0.25, -0.2) is 0 Å². The van der Waals surface area contributed by atoms with E-state index >= 15 is 0 Å². The average molecular weight is 394 g/mol. The summed E-state index contributed by atoms with van der Waals surface area (Å²) in [5.74, 6) is 0.659. The van der Waals surface area contributed by atoms with Gasteiger partial charge in [-0.3, -0.25) is 4.79 Å². The molecule has 1 atom stereocenters. The smallest absolute Gasteiger partial charge is 0.192 e. The summed E-state index contributed by atoms with van der Waals surface area (Å²) < 4.78 is 7.57. The second kappa shape index (κ2) is 6.85. The summed E-state index contributed by atoms with van der Waals surface area (Å²) in [7, 11) is -1.59. The molecule has 19 heavy (non-hydrogen) atoms. The van der Waals surface area contributed by atoms with Crippen LogP contribution in [0.5, 0.6) is 0 Å². The maximum atomic E-state index is 11.6. The van der Waals surface area contributed by atoms with Crippen molar-refractivity contribution in [2.75, 3.05) is 0 Å². The number of carbonyl (C=O) groups excluding carboxylic acids is 1. The molecule has 0 fully saturated rings. The SMILES string of the molecule is CC[Si](CC)(CC)OC(C)(C)C1C=C(I)C(=O)CC1. The number of ketones is 1. The van der Waals surface area contributed by atoms with Crippen molar-refractivity contribution in [1.29, 1.82) is 0 Å². The second-order valence-corrected chi connectivity index (χ2v) is 11.9. The van der Waals surface area contributed by atoms with Crippen LogP contribution in [-0.2, 0) is 9.22 Å². The molecule has 0 saturated heterocycles. The van der Waals surface area contributed by atoms with Crippen molar-refractivity contribution >= 4 is 36.7 Å². The predicted octanol–water partition coefficient (Wildman–Crippen LogP) is 5.08. The van der Waals surface area contributed by atoms with Crippen LogP contribution < -0.4 is 0 Å². The molecule has 0 N–H and O–H groups in total. The first-order chi connectivity index (χ1) is 8.80. The van der Waals surface area contributed by atoms with Gasteiger partial charge in [-0.15, -0.1) is 0 Å². The molecule has 0 amide bonds. The van der Waals surface area contributed by atoms with Gasteiger partial charge in [0.2, 0.25) is 0 Å². The zero-order valence-electron chi connectivity index (χ0n) is 12.9. The van der Waals surface area contributed by atoms with Crippen LogP contribution in [0.15, 0.2) is 9.66 Å². The maximum Gasteiger partial charge on any atom is 0.192 e. The van der Waals surface area contributed by atoms with E-state index in [9.17, 15) is 4.79 Å². The Morgan fingerprint density at radius 1 is 1.32 bits per heavy atom. The van der Waals surface area contributed by atoms with Crippen LogP contribution in [0.3, 0.4) is 0 Å². The van der Waals surface area contributed by atoms with Gasteiger partial charge in [0.1, 0.15) is 0 Å². The highest BCUT2D eigenvalue weighted by Gasteiger charge is 2.40. The molecule has 1 aliphatic carbocycles. The summed E-state index contributed by atoms with van der Waals surface area (Å²) in [5.41, 5.74) is -0.147. The third-order valence-corrected chi connectivity index (χ3v) is 10.4. The Morgan fingerprint density at radius 2 is 1.84 bits per heavy atom. The van der Waals surface area contributed by atoms with Crippen molar-refractivity contribution in [3.05, 3.63) is 9.66 Å². The highest BCUT2D eigenvalue weighted by atomic mass is 127. The van der Waals surface area contributed by atoms with Crippen molar-refractivity contribution in [2.45, 2.75) is 71.2 Å². The van der Waals surface area contributed by atoms with E-state index in [4.69, 9.17) is 4.43 Å². The number of Topliss-reactive ketones (excluding diaryl/α,β-unsaturated/α-hetero) is 1. The Labute approximate surface area is 132 Å². The summed E-state index contributed by atoms with van der Waals surface area (Å²) in [4.78, 5) is 11.6. The topological polar surface area (TPSA) is 26.3 Å². The third-order valence-electron chi connectivity index (χ3n) is 4.60. The number of hydrogen-bond donors (Lipinski definition) is 0. The fourth-order valence-electron chi connectivity index (χ4n) is 2.91. The largest absolute Gasteiger partial charge is 0.411 e. The van der Waals surface area contributed by atoms with E-state index in [0.29, 0.717) is 12.3 Å². The first kappa shape index (κ1) is 17.4. The lowest BCUT2D eigenvalue weighted by atomic mass is 9.83. The predicted molar refractivity (Wildman–Crippen MR) is 92.2 cm³/mol. The number of allylic oxidation sites excluding steroid dienone is 1. The third kappa shape index (κ3) is 4.14. The van der Waals surface area contributed by atoms with E-state index in [2.05, 4.69) is 63.3 Å². The highest BCUT2D eigenvalue weighted by Crippen LogP contribution is 2.38. The molecular weight excluding hydrogens is 367 g/mol. The molecule has 2 nitrogen and oxygen atoms in total. The molecule has 0 aromatic carbocycles. The van der Waals surface area contributed by atoms with Gasteiger partial charge in [-0.2, -0.15) is 0 Å². The van der Waals surface area contributed by atoms with Crippen molar-refractivity contribution in [1.82, 2.24) is 0 Å². The van der Waals surface area contributed by atoms with Crippen molar-refractivity contribution in [2.24, 2.45) is 5.92 Å². The van der Waals surface area contributed by atoms with Crippen LogP contribution in [0.1, 0.15) is 47.5 Å². The van der Waals surface area contributed by atoms with Crippen molar-refractivity contribution in [3.8, 4) is 0 Å². The van der Waals surface area contributed by atoms with Crippen LogP contribution in [0.4, 0.5) is 0 Å². The van der Waals surface area contributed by atoms with Crippen LogP contribution in [0.2, 0.25) is 18.1 Å². The molecule has 110 valence electrons. The van der Waals surface area contributed by atoms with Gasteiger partial charge in [-0.05, 0) is 61.0 Å². The van der Waals surface area contributed by atoms with Crippen LogP contribution in [-0.4, -0.2) is 19.7 Å². The second-order valence-electron chi connectivity index (χ2n) is 6.03. The molecule has 1 aliphatic rings. The van der Waals surface area contributed by atoms with E-state index < -0.39 is 8.32 Å². The number of halogens is 1. The van der Waals surface area contributed by atoms with Crippen LogP contribution in [0, 0.1) is 5.92 Å². The Balaban J connectivity index is 2.89.